The SMILES string of the molecule is CCC(CC)C(CNC(=O)CCSc1ccc(F)cc1)N1CCOCC1. The lowest BCUT2D eigenvalue weighted by Crippen LogP contribution is -2.52. The number of ether oxygens (including phenoxy) is 1. The first kappa shape index (κ1) is 21.2. The third-order valence-electron chi connectivity index (χ3n) is 5.03. The van der Waals surface area contributed by atoms with Crippen LogP contribution in [0.5, 0.6) is 0 Å². The van der Waals surface area contributed by atoms with Gasteiger partial charge in [0.1, 0.15) is 5.82 Å². The molecule has 1 unspecified atom stereocenters. The molecule has 0 saturated carbocycles. The molecule has 1 aliphatic rings. The van der Waals surface area contributed by atoms with Crippen molar-refractivity contribution >= 4 is 17.7 Å². The number of nitrogens with one attached hydrogen (secondary N) is 1. The molecule has 0 radical (unpaired) electrons. The van der Waals surface area contributed by atoms with E-state index in [1.54, 1.807) is 23.9 Å². The average molecular weight is 383 g/mol. The van der Waals surface area contributed by atoms with Gasteiger partial charge >= 0.3 is 0 Å². The molecule has 0 bridgehead atoms. The van der Waals surface area contributed by atoms with Crippen LogP contribution in [0.2, 0.25) is 0 Å². The number of carbonyl (C=O) groups excluding carboxylic acids is 1. The van der Waals surface area contributed by atoms with Gasteiger partial charge in [-0.25, -0.2) is 4.39 Å². The highest BCUT2D eigenvalue weighted by Crippen LogP contribution is 2.20. The molecule has 1 N–H and O–H groups in total. The second-order valence-corrected chi connectivity index (χ2v) is 7.82. The summed E-state index contributed by atoms with van der Waals surface area (Å²) in [5.41, 5.74) is 0. The highest BCUT2D eigenvalue weighted by Gasteiger charge is 2.27. The van der Waals surface area contributed by atoms with Gasteiger partial charge in [-0.2, -0.15) is 0 Å². The highest BCUT2D eigenvalue weighted by molar-refractivity contribution is 7.99. The number of halogens is 1. The summed E-state index contributed by atoms with van der Waals surface area (Å²) in [6.45, 7) is 8.59. The minimum Gasteiger partial charge on any atom is -0.379 e. The summed E-state index contributed by atoms with van der Waals surface area (Å²) >= 11 is 1.58. The molecule has 1 aromatic carbocycles. The number of hydrogen-bond donors (Lipinski definition) is 1. The van der Waals surface area contributed by atoms with Crippen LogP contribution in [-0.2, 0) is 9.53 Å². The van der Waals surface area contributed by atoms with Crippen LogP contribution in [0.1, 0.15) is 33.1 Å². The van der Waals surface area contributed by atoms with Gasteiger partial charge in [-0.05, 0) is 30.2 Å². The fraction of sp³-hybridized carbons (Fsp3) is 0.650. The van der Waals surface area contributed by atoms with E-state index in [9.17, 15) is 9.18 Å². The van der Waals surface area contributed by atoms with Gasteiger partial charge in [0.15, 0.2) is 0 Å². The van der Waals surface area contributed by atoms with Gasteiger partial charge in [-0.1, -0.05) is 26.7 Å². The second-order valence-electron chi connectivity index (χ2n) is 6.65. The van der Waals surface area contributed by atoms with E-state index < -0.39 is 0 Å². The lowest BCUT2D eigenvalue weighted by molar-refractivity contribution is -0.121. The quantitative estimate of drug-likeness (QED) is 0.628. The van der Waals surface area contributed by atoms with Crippen LogP contribution in [0.4, 0.5) is 4.39 Å². The molecule has 4 nitrogen and oxygen atoms in total. The minimum absolute atomic E-state index is 0.0869. The number of morpholine rings is 1. The predicted octanol–water partition coefficient (Wildman–Crippen LogP) is 3.56. The summed E-state index contributed by atoms with van der Waals surface area (Å²) in [6, 6.07) is 6.78. The van der Waals surface area contributed by atoms with Crippen molar-refractivity contribution in [3.63, 3.8) is 0 Å². The Morgan fingerprint density at radius 1 is 1.23 bits per heavy atom. The molecule has 1 atom stereocenters. The molecule has 1 fully saturated rings. The number of carbonyl (C=O) groups is 1. The van der Waals surface area contributed by atoms with E-state index >= 15 is 0 Å². The van der Waals surface area contributed by atoms with Gasteiger partial charge in [-0.15, -0.1) is 11.8 Å². The molecule has 1 amide bonds. The number of hydrogen-bond acceptors (Lipinski definition) is 4. The van der Waals surface area contributed by atoms with E-state index in [4.69, 9.17) is 4.74 Å². The first-order valence-corrected chi connectivity index (χ1v) is 10.6. The summed E-state index contributed by atoms with van der Waals surface area (Å²) in [5.74, 6) is 1.14. The maximum atomic E-state index is 12.9. The average Bonchev–Trinajstić information content (AvgIpc) is 2.67. The van der Waals surface area contributed by atoms with Gasteiger partial charge in [-0.3, -0.25) is 9.69 Å². The van der Waals surface area contributed by atoms with Crippen LogP contribution in [0.15, 0.2) is 29.2 Å². The largest absolute Gasteiger partial charge is 0.379 e. The predicted molar refractivity (Wildman–Crippen MR) is 105 cm³/mol. The molecule has 1 saturated heterocycles. The van der Waals surface area contributed by atoms with Crippen LogP contribution < -0.4 is 5.32 Å². The minimum atomic E-state index is -0.234. The van der Waals surface area contributed by atoms with E-state index in [1.165, 1.54) is 12.1 Å². The van der Waals surface area contributed by atoms with Gasteiger partial charge in [0, 0.05) is 42.7 Å². The summed E-state index contributed by atoms with van der Waals surface area (Å²) in [5, 5.41) is 3.13. The van der Waals surface area contributed by atoms with Crippen molar-refractivity contribution < 1.29 is 13.9 Å². The van der Waals surface area contributed by atoms with Crippen LogP contribution in [0.25, 0.3) is 0 Å². The number of thioether (sulfide) groups is 1. The lowest BCUT2D eigenvalue weighted by atomic mass is 9.92. The summed E-state index contributed by atoms with van der Waals surface area (Å²) in [7, 11) is 0. The zero-order chi connectivity index (χ0) is 18.8. The fourth-order valence-corrected chi connectivity index (χ4v) is 4.29. The molecule has 1 aliphatic heterocycles. The lowest BCUT2D eigenvalue weighted by Gasteiger charge is -2.38. The van der Waals surface area contributed by atoms with Crippen molar-refractivity contribution in [1.29, 1.82) is 0 Å². The Balaban J connectivity index is 1.77. The molecule has 1 aromatic rings. The molecule has 2 rings (SSSR count). The Bertz CT molecular complexity index is 531. The molecule has 6 heteroatoms. The van der Waals surface area contributed by atoms with E-state index in [0.29, 0.717) is 30.7 Å². The standard InChI is InChI=1S/C20H31FN2O2S/c1-3-16(4-2)19(23-10-12-25-13-11-23)15-22-20(24)9-14-26-18-7-5-17(21)6-8-18/h5-8,16,19H,3-4,9-15H2,1-2H3,(H,22,24). The van der Waals surface area contributed by atoms with E-state index in [1.807, 2.05) is 0 Å². The molecule has 0 spiro atoms. The van der Waals surface area contributed by atoms with E-state index in [0.717, 1.165) is 44.0 Å². The molecular formula is C20H31FN2O2S. The van der Waals surface area contributed by atoms with Crippen LogP contribution in [0, 0.1) is 11.7 Å². The third kappa shape index (κ3) is 6.89. The monoisotopic (exact) mass is 382 g/mol. The van der Waals surface area contributed by atoms with E-state index in [2.05, 4.69) is 24.1 Å². The topological polar surface area (TPSA) is 41.6 Å². The second kappa shape index (κ2) is 11.6. The molecule has 0 aliphatic carbocycles. The summed E-state index contributed by atoms with van der Waals surface area (Å²) < 4.78 is 18.4. The zero-order valence-corrected chi connectivity index (χ0v) is 16.7. The third-order valence-corrected chi connectivity index (χ3v) is 6.04. The molecule has 26 heavy (non-hydrogen) atoms. The Morgan fingerprint density at radius 2 is 1.88 bits per heavy atom. The highest BCUT2D eigenvalue weighted by atomic mass is 32.2. The molecule has 0 aromatic heterocycles. The van der Waals surface area contributed by atoms with Crippen molar-refractivity contribution in [2.75, 3.05) is 38.6 Å². The molecule has 1 heterocycles. The smallest absolute Gasteiger partial charge is 0.220 e. The van der Waals surface area contributed by atoms with Crippen LogP contribution >= 0.6 is 11.8 Å². The number of nitrogens with zero attached hydrogens (tertiary/aromatic N) is 1. The summed E-state index contributed by atoms with van der Waals surface area (Å²) in [6.07, 6.45) is 2.71. The Kier molecular flexibility index (Phi) is 9.43. The van der Waals surface area contributed by atoms with E-state index in [-0.39, 0.29) is 11.7 Å². The number of benzene rings is 1. The fourth-order valence-electron chi connectivity index (χ4n) is 3.44. The Morgan fingerprint density at radius 3 is 2.50 bits per heavy atom. The molecular weight excluding hydrogens is 351 g/mol. The zero-order valence-electron chi connectivity index (χ0n) is 15.9. The number of rotatable bonds is 10. The van der Waals surface area contributed by atoms with Gasteiger partial charge in [0.05, 0.1) is 13.2 Å². The summed E-state index contributed by atoms with van der Waals surface area (Å²) in [4.78, 5) is 15.7. The van der Waals surface area contributed by atoms with Gasteiger partial charge in [0.25, 0.3) is 0 Å². The van der Waals surface area contributed by atoms with Crippen molar-refractivity contribution in [3.05, 3.63) is 30.1 Å². The Hall–Kier alpha value is -1.11. The van der Waals surface area contributed by atoms with Gasteiger partial charge in [0.2, 0.25) is 5.91 Å². The first-order valence-electron chi connectivity index (χ1n) is 9.60. The van der Waals surface area contributed by atoms with Crippen molar-refractivity contribution in [3.8, 4) is 0 Å². The normalized spacial score (nSPS) is 16.6. The maximum absolute atomic E-state index is 12.9. The van der Waals surface area contributed by atoms with Crippen LogP contribution in [0.3, 0.4) is 0 Å². The van der Waals surface area contributed by atoms with Crippen molar-refractivity contribution in [2.45, 2.75) is 44.0 Å². The van der Waals surface area contributed by atoms with Crippen LogP contribution in [-0.4, -0.2) is 55.4 Å². The number of amides is 1. The first-order chi connectivity index (χ1) is 12.6. The molecule has 146 valence electrons. The van der Waals surface area contributed by atoms with Gasteiger partial charge < -0.3 is 10.1 Å². The van der Waals surface area contributed by atoms with Crippen molar-refractivity contribution in [2.24, 2.45) is 5.92 Å². The maximum Gasteiger partial charge on any atom is 0.220 e. The Labute approximate surface area is 160 Å². The van der Waals surface area contributed by atoms with Crippen molar-refractivity contribution in [1.82, 2.24) is 10.2 Å².